The SMILES string of the molecule is CC(C)N(C)S(=O)(=O)N1CCC2CCC(C1)N2.Cl. The molecule has 5 nitrogen and oxygen atoms in total. The van der Waals surface area contributed by atoms with Crippen LogP contribution in [-0.4, -0.2) is 55.3 Å². The van der Waals surface area contributed by atoms with Crippen LogP contribution < -0.4 is 5.32 Å². The van der Waals surface area contributed by atoms with Gasteiger partial charge in [0.1, 0.15) is 0 Å². The van der Waals surface area contributed by atoms with Crippen LogP contribution in [0.4, 0.5) is 0 Å². The molecule has 0 aromatic carbocycles. The zero-order chi connectivity index (χ0) is 12.6. The van der Waals surface area contributed by atoms with Crippen molar-refractivity contribution in [1.29, 1.82) is 0 Å². The number of nitrogens with zero attached hydrogens (tertiary/aromatic N) is 2. The number of hydrogen-bond acceptors (Lipinski definition) is 3. The molecule has 2 saturated heterocycles. The van der Waals surface area contributed by atoms with Crippen molar-refractivity contribution in [2.24, 2.45) is 0 Å². The fraction of sp³-hybridized carbons (Fsp3) is 1.00. The second kappa shape index (κ2) is 6.05. The lowest BCUT2D eigenvalue weighted by Crippen LogP contribution is -2.47. The highest BCUT2D eigenvalue weighted by molar-refractivity contribution is 7.86. The van der Waals surface area contributed by atoms with Gasteiger partial charge in [-0.05, 0) is 33.1 Å². The zero-order valence-electron chi connectivity index (χ0n) is 11.3. The summed E-state index contributed by atoms with van der Waals surface area (Å²) in [5.74, 6) is 0. The summed E-state index contributed by atoms with van der Waals surface area (Å²) < 4.78 is 27.9. The van der Waals surface area contributed by atoms with E-state index in [1.165, 1.54) is 10.7 Å². The Hall–Kier alpha value is 0.120. The Morgan fingerprint density at radius 2 is 1.83 bits per heavy atom. The molecular formula is C11H24ClN3O2S. The van der Waals surface area contributed by atoms with E-state index in [1.807, 2.05) is 13.8 Å². The maximum Gasteiger partial charge on any atom is 0.282 e. The fourth-order valence-electron chi connectivity index (χ4n) is 2.57. The van der Waals surface area contributed by atoms with Gasteiger partial charge >= 0.3 is 0 Å². The third-order valence-electron chi connectivity index (χ3n) is 3.90. The van der Waals surface area contributed by atoms with Crippen molar-refractivity contribution >= 4 is 22.6 Å². The number of halogens is 1. The first-order valence-corrected chi connectivity index (χ1v) is 7.80. The molecule has 2 fully saturated rings. The lowest BCUT2D eigenvalue weighted by Gasteiger charge is -2.30. The van der Waals surface area contributed by atoms with Crippen molar-refractivity contribution in [3.8, 4) is 0 Å². The van der Waals surface area contributed by atoms with Gasteiger partial charge in [-0.25, -0.2) is 0 Å². The molecule has 7 heteroatoms. The quantitative estimate of drug-likeness (QED) is 0.839. The van der Waals surface area contributed by atoms with E-state index < -0.39 is 10.2 Å². The molecule has 18 heavy (non-hydrogen) atoms. The monoisotopic (exact) mass is 297 g/mol. The summed E-state index contributed by atoms with van der Waals surface area (Å²) in [5.41, 5.74) is 0. The topological polar surface area (TPSA) is 52.7 Å². The Bertz CT molecular complexity index is 374. The normalized spacial score (nSPS) is 29.4. The van der Waals surface area contributed by atoms with Crippen LogP contribution in [0.1, 0.15) is 33.1 Å². The maximum atomic E-state index is 12.4. The van der Waals surface area contributed by atoms with Crippen molar-refractivity contribution in [3.05, 3.63) is 0 Å². The van der Waals surface area contributed by atoms with Crippen molar-refractivity contribution in [2.45, 2.75) is 51.2 Å². The Labute approximate surface area is 116 Å². The van der Waals surface area contributed by atoms with Gasteiger partial charge in [-0.2, -0.15) is 17.0 Å². The molecule has 2 unspecified atom stereocenters. The molecule has 0 amide bonds. The third-order valence-corrected chi connectivity index (χ3v) is 6.04. The molecule has 0 radical (unpaired) electrons. The van der Waals surface area contributed by atoms with Gasteiger partial charge in [0.2, 0.25) is 0 Å². The van der Waals surface area contributed by atoms with Gasteiger partial charge in [0.25, 0.3) is 10.2 Å². The molecule has 2 rings (SSSR count). The largest absolute Gasteiger partial charge is 0.310 e. The van der Waals surface area contributed by atoms with Crippen molar-refractivity contribution < 1.29 is 8.42 Å². The first-order valence-electron chi connectivity index (χ1n) is 6.40. The van der Waals surface area contributed by atoms with E-state index >= 15 is 0 Å². The van der Waals surface area contributed by atoms with Crippen molar-refractivity contribution in [2.75, 3.05) is 20.1 Å². The first kappa shape index (κ1) is 16.2. The molecule has 0 spiro atoms. The average Bonchev–Trinajstić information content (AvgIpc) is 2.56. The van der Waals surface area contributed by atoms with Crippen LogP contribution in [0.25, 0.3) is 0 Å². The van der Waals surface area contributed by atoms with Crippen LogP contribution >= 0.6 is 12.4 Å². The highest BCUT2D eigenvalue weighted by atomic mass is 35.5. The molecule has 0 aromatic heterocycles. The summed E-state index contributed by atoms with van der Waals surface area (Å²) in [6.07, 6.45) is 3.22. The minimum Gasteiger partial charge on any atom is -0.310 e. The predicted molar refractivity (Wildman–Crippen MR) is 75.2 cm³/mol. The third kappa shape index (κ3) is 3.17. The van der Waals surface area contributed by atoms with Gasteiger partial charge < -0.3 is 5.32 Å². The van der Waals surface area contributed by atoms with Crippen LogP contribution in [0.2, 0.25) is 0 Å². The number of rotatable bonds is 3. The Morgan fingerprint density at radius 1 is 1.22 bits per heavy atom. The minimum atomic E-state index is -3.28. The van der Waals surface area contributed by atoms with E-state index in [0.717, 1.165) is 12.8 Å². The van der Waals surface area contributed by atoms with E-state index in [0.29, 0.717) is 25.2 Å². The lowest BCUT2D eigenvalue weighted by molar-refractivity contribution is 0.323. The molecule has 2 heterocycles. The number of hydrogen-bond donors (Lipinski definition) is 1. The number of nitrogens with one attached hydrogen (secondary N) is 1. The summed E-state index contributed by atoms with van der Waals surface area (Å²) >= 11 is 0. The first-order chi connectivity index (χ1) is 7.91. The molecule has 0 saturated carbocycles. The molecule has 2 bridgehead atoms. The Balaban J connectivity index is 0.00000162. The Morgan fingerprint density at radius 3 is 2.44 bits per heavy atom. The molecule has 2 aliphatic heterocycles. The van der Waals surface area contributed by atoms with Gasteiger partial charge in [-0.3, -0.25) is 0 Å². The van der Waals surface area contributed by atoms with Gasteiger partial charge in [0.05, 0.1) is 0 Å². The van der Waals surface area contributed by atoms with E-state index in [4.69, 9.17) is 0 Å². The van der Waals surface area contributed by atoms with Gasteiger partial charge in [0, 0.05) is 38.3 Å². The second-order valence-corrected chi connectivity index (χ2v) is 7.39. The molecule has 0 aliphatic carbocycles. The van der Waals surface area contributed by atoms with E-state index in [1.54, 1.807) is 11.4 Å². The van der Waals surface area contributed by atoms with E-state index in [9.17, 15) is 8.42 Å². The van der Waals surface area contributed by atoms with Gasteiger partial charge in [-0.15, -0.1) is 12.4 Å². The van der Waals surface area contributed by atoms with Crippen LogP contribution in [0, 0.1) is 0 Å². The second-order valence-electron chi connectivity index (χ2n) is 5.40. The Kier molecular flexibility index (Phi) is 5.44. The fourth-order valence-corrected chi connectivity index (χ4v) is 4.17. The van der Waals surface area contributed by atoms with E-state index in [-0.39, 0.29) is 18.4 Å². The highest BCUT2D eigenvalue weighted by Gasteiger charge is 2.36. The summed E-state index contributed by atoms with van der Waals surface area (Å²) in [6, 6.07) is 0.871. The highest BCUT2D eigenvalue weighted by Crippen LogP contribution is 2.23. The summed E-state index contributed by atoms with van der Waals surface area (Å²) in [4.78, 5) is 0. The molecule has 0 aromatic rings. The zero-order valence-corrected chi connectivity index (χ0v) is 12.9. The van der Waals surface area contributed by atoms with Gasteiger partial charge in [-0.1, -0.05) is 0 Å². The van der Waals surface area contributed by atoms with Crippen molar-refractivity contribution in [1.82, 2.24) is 13.9 Å². The predicted octanol–water partition coefficient (Wildman–Crippen LogP) is 0.819. The van der Waals surface area contributed by atoms with Crippen LogP contribution in [0.3, 0.4) is 0 Å². The molecular weight excluding hydrogens is 274 g/mol. The van der Waals surface area contributed by atoms with E-state index in [2.05, 4.69) is 5.32 Å². The van der Waals surface area contributed by atoms with Crippen LogP contribution in [0.15, 0.2) is 0 Å². The average molecular weight is 298 g/mol. The lowest BCUT2D eigenvalue weighted by atomic mass is 10.1. The molecule has 1 N–H and O–H groups in total. The summed E-state index contributed by atoms with van der Waals surface area (Å²) in [5, 5.41) is 3.50. The molecule has 2 atom stereocenters. The molecule has 108 valence electrons. The maximum absolute atomic E-state index is 12.4. The van der Waals surface area contributed by atoms with Crippen LogP contribution in [-0.2, 0) is 10.2 Å². The van der Waals surface area contributed by atoms with Crippen LogP contribution in [0.5, 0.6) is 0 Å². The van der Waals surface area contributed by atoms with Crippen molar-refractivity contribution in [3.63, 3.8) is 0 Å². The standard InChI is InChI=1S/C11H23N3O2S.ClH/c1-9(2)13(3)17(15,16)14-7-6-10-4-5-11(8-14)12-10;/h9-12H,4-8H2,1-3H3;1H. The number of fused-ring (bicyclic) bond motifs is 2. The summed E-state index contributed by atoms with van der Waals surface area (Å²) in [6.45, 7) is 5.07. The summed E-state index contributed by atoms with van der Waals surface area (Å²) in [7, 11) is -1.62. The molecule has 2 aliphatic rings. The smallest absolute Gasteiger partial charge is 0.282 e. The van der Waals surface area contributed by atoms with Gasteiger partial charge in [0.15, 0.2) is 0 Å². The minimum absolute atomic E-state index is 0.